The van der Waals surface area contributed by atoms with Gasteiger partial charge in [-0.15, -0.1) is 0 Å². The first-order chi connectivity index (χ1) is 23.1. The van der Waals surface area contributed by atoms with Crippen LogP contribution in [0, 0.1) is 0 Å². The summed E-state index contributed by atoms with van der Waals surface area (Å²) in [6, 6.07) is 30.2. The molecule has 10 nitrogen and oxygen atoms in total. The van der Waals surface area contributed by atoms with E-state index < -0.39 is 49.2 Å². The number of ether oxygens (including phenoxy) is 10. The molecule has 0 amide bonds. The van der Waals surface area contributed by atoms with Gasteiger partial charge in [0.15, 0.2) is 12.6 Å². The molecule has 9 atom stereocenters. The fourth-order valence-electron chi connectivity index (χ4n) is 6.13. The molecule has 0 spiro atoms. The number of hydrogen-bond donors (Lipinski definition) is 0. The minimum atomic E-state index is -0.658. The Labute approximate surface area is 278 Å². The van der Waals surface area contributed by atoms with Gasteiger partial charge in [-0.2, -0.15) is 0 Å². The maximum Gasteiger partial charge on any atom is 0.186 e. The molecule has 0 radical (unpaired) electrons. The van der Waals surface area contributed by atoms with Gasteiger partial charge in [-0.1, -0.05) is 91.0 Å². The quantitative estimate of drug-likeness (QED) is 0.200. The Kier molecular flexibility index (Phi) is 14.2. The van der Waals surface area contributed by atoms with E-state index in [1.807, 2.05) is 91.0 Å². The lowest BCUT2D eigenvalue weighted by Crippen LogP contribution is -2.61. The van der Waals surface area contributed by atoms with E-state index in [-0.39, 0.29) is 19.3 Å². The Morgan fingerprint density at radius 3 is 1.60 bits per heavy atom. The summed E-state index contributed by atoms with van der Waals surface area (Å²) in [6.45, 7) is 1.71. The van der Waals surface area contributed by atoms with Crippen molar-refractivity contribution in [2.45, 2.75) is 81.5 Å². The molecule has 2 saturated heterocycles. The molecule has 2 heterocycles. The molecule has 0 saturated carbocycles. The van der Waals surface area contributed by atoms with Gasteiger partial charge in [-0.05, 0) is 16.7 Å². The molecular formula is C37H48O10. The largest absolute Gasteiger partial charge is 0.376 e. The zero-order valence-corrected chi connectivity index (χ0v) is 27.7. The van der Waals surface area contributed by atoms with Crippen molar-refractivity contribution in [3.63, 3.8) is 0 Å². The Bertz CT molecular complexity index is 1270. The zero-order chi connectivity index (χ0) is 32.8. The summed E-state index contributed by atoms with van der Waals surface area (Å²) in [5, 5.41) is 0. The monoisotopic (exact) mass is 652 g/mol. The second kappa shape index (κ2) is 18.7. The molecule has 0 unspecified atom stereocenters. The van der Waals surface area contributed by atoms with Crippen LogP contribution in [0.15, 0.2) is 91.0 Å². The van der Waals surface area contributed by atoms with E-state index in [2.05, 4.69) is 0 Å². The van der Waals surface area contributed by atoms with Gasteiger partial charge in [0.25, 0.3) is 0 Å². The second-order valence-corrected chi connectivity index (χ2v) is 11.6. The average molecular weight is 653 g/mol. The SMILES string of the molecule is CO[C@H]1O[C@H](CO[C@@H]2C[C@@H](OCc3ccccc3)[C@@H](OCc3ccccc3)[C@@H](COCc3ccccc3)O2)[C@@H](OC)[C@H](OC)[C@H]1OC. The fraction of sp³-hybridized carbons (Fsp3) is 0.514. The molecule has 256 valence electrons. The van der Waals surface area contributed by atoms with Crippen molar-refractivity contribution in [2.75, 3.05) is 41.7 Å². The normalized spacial score (nSPS) is 29.5. The lowest BCUT2D eigenvalue weighted by Gasteiger charge is -2.45. The van der Waals surface area contributed by atoms with Crippen molar-refractivity contribution >= 4 is 0 Å². The molecule has 5 rings (SSSR count). The summed E-state index contributed by atoms with van der Waals surface area (Å²) in [5.41, 5.74) is 3.20. The van der Waals surface area contributed by atoms with Crippen LogP contribution in [-0.4, -0.2) is 97.0 Å². The van der Waals surface area contributed by atoms with Crippen LogP contribution in [0.2, 0.25) is 0 Å². The predicted molar refractivity (Wildman–Crippen MR) is 173 cm³/mol. The smallest absolute Gasteiger partial charge is 0.186 e. The summed E-state index contributed by atoms with van der Waals surface area (Å²) in [6.07, 6.45) is -3.93. The first-order valence-electron chi connectivity index (χ1n) is 16.1. The summed E-state index contributed by atoms with van der Waals surface area (Å²) in [7, 11) is 6.40. The van der Waals surface area contributed by atoms with Crippen molar-refractivity contribution < 1.29 is 47.4 Å². The standard InChI is InChI=1S/C37H48O10/c1-38-34-31(47-37(41-4)36(40-3)35(34)39-2)25-44-32-20-29(43-22-27-16-10-6-11-17-27)33(45-23-28-18-12-7-13-19-28)30(46-32)24-42-21-26-14-8-5-9-15-26/h5-19,29-37H,20-25H2,1-4H3/t29-,30-,31-,32+,33-,34-,35+,36-,37+/m1/s1. The molecular weight excluding hydrogens is 604 g/mol. The average Bonchev–Trinajstić information content (AvgIpc) is 3.13. The molecule has 3 aromatic carbocycles. The van der Waals surface area contributed by atoms with Crippen LogP contribution >= 0.6 is 0 Å². The first kappa shape index (κ1) is 35.6. The number of hydrogen-bond acceptors (Lipinski definition) is 10. The van der Waals surface area contributed by atoms with E-state index in [1.54, 1.807) is 28.4 Å². The molecule has 2 aliphatic heterocycles. The number of methoxy groups -OCH3 is 4. The van der Waals surface area contributed by atoms with E-state index >= 15 is 0 Å². The van der Waals surface area contributed by atoms with Gasteiger partial charge < -0.3 is 47.4 Å². The highest BCUT2D eigenvalue weighted by Gasteiger charge is 2.48. The van der Waals surface area contributed by atoms with Gasteiger partial charge in [0.2, 0.25) is 0 Å². The third-order valence-electron chi connectivity index (χ3n) is 8.56. The third-order valence-corrected chi connectivity index (χ3v) is 8.56. The lowest BCUT2D eigenvalue weighted by atomic mass is 9.98. The van der Waals surface area contributed by atoms with Crippen LogP contribution in [-0.2, 0) is 67.2 Å². The summed E-state index contributed by atoms with van der Waals surface area (Å²) in [4.78, 5) is 0. The highest BCUT2D eigenvalue weighted by Crippen LogP contribution is 2.31. The first-order valence-corrected chi connectivity index (χ1v) is 16.1. The van der Waals surface area contributed by atoms with Crippen molar-refractivity contribution in [1.29, 1.82) is 0 Å². The van der Waals surface area contributed by atoms with E-state index in [0.717, 1.165) is 16.7 Å². The van der Waals surface area contributed by atoms with Crippen molar-refractivity contribution in [3.05, 3.63) is 108 Å². The van der Waals surface area contributed by atoms with Crippen molar-refractivity contribution in [3.8, 4) is 0 Å². The topological polar surface area (TPSA) is 92.3 Å². The van der Waals surface area contributed by atoms with Gasteiger partial charge in [-0.3, -0.25) is 0 Å². The van der Waals surface area contributed by atoms with Crippen LogP contribution in [0.4, 0.5) is 0 Å². The fourth-order valence-corrected chi connectivity index (χ4v) is 6.13. The third kappa shape index (κ3) is 9.90. The molecule has 47 heavy (non-hydrogen) atoms. The summed E-state index contributed by atoms with van der Waals surface area (Å²) >= 11 is 0. The Morgan fingerprint density at radius 1 is 0.511 bits per heavy atom. The maximum absolute atomic E-state index is 6.58. The van der Waals surface area contributed by atoms with Crippen molar-refractivity contribution in [1.82, 2.24) is 0 Å². The molecule has 0 bridgehead atoms. The van der Waals surface area contributed by atoms with Crippen LogP contribution in [0.5, 0.6) is 0 Å². The van der Waals surface area contributed by atoms with Crippen LogP contribution in [0.3, 0.4) is 0 Å². The van der Waals surface area contributed by atoms with Gasteiger partial charge in [0.05, 0.1) is 39.1 Å². The maximum atomic E-state index is 6.58. The minimum absolute atomic E-state index is 0.165. The van der Waals surface area contributed by atoms with Gasteiger partial charge in [0.1, 0.15) is 36.6 Å². The number of rotatable bonds is 17. The van der Waals surface area contributed by atoms with Crippen molar-refractivity contribution in [2.24, 2.45) is 0 Å². The van der Waals surface area contributed by atoms with Crippen LogP contribution in [0.1, 0.15) is 23.1 Å². The minimum Gasteiger partial charge on any atom is -0.376 e. The molecule has 3 aromatic rings. The van der Waals surface area contributed by atoms with E-state index in [4.69, 9.17) is 47.4 Å². The van der Waals surface area contributed by atoms with Crippen LogP contribution in [0.25, 0.3) is 0 Å². The Morgan fingerprint density at radius 2 is 1.04 bits per heavy atom. The molecule has 2 aliphatic rings. The van der Waals surface area contributed by atoms with Gasteiger partial charge >= 0.3 is 0 Å². The predicted octanol–water partition coefficient (Wildman–Crippen LogP) is 4.92. The highest BCUT2D eigenvalue weighted by molar-refractivity contribution is 5.15. The summed E-state index contributed by atoms with van der Waals surface area (Å²) < 4.78 is 61.4. The van der Waals surface area contributed by atoms with Crippen LogP contribution < -0.4 is 0 Å². The van der Waals surface area contributed by atoms with E-state index in [0.29, 0.717) is 26.2 Å². The molecule has 0 N–H and O–H groups in total. The van der Waals surface area contributed by atoms with E-state index in [9.17, 15) is 0 Å². The van der Waals surface area contributed by atoms with Gasteiger partial charge in [-0.25, -0.2) is 0 Å². The van der Waals surface area contributed by atoms with Gasteiger partial charge in [0, 0.05) is 34.9 Å². The number of benzene rings is 3. The zero-order valence-electron chi connectivity index (χ0n) is 27.7. The molecule has 0 aliphatic carbocycles. The Hall–Kier alpha value is -2.74. The molecule has 0 aromatic heterocycles. The second-order valence-electron chi connectivity index (χ2n) is 11.6. The summed E-state index contributed by atoms with van der Waals surface area (Å²) in [5.74, 6) is 0. The highest BCUT2D eigenvalue weighted by atomic mass is 16.7. The Balaban J connectivity index is 1.32. The van der Waals surface area contributed by atoms with E-state index in [1.165, 1.54) is 0 Å². The molecule has 2 fully saturated rings. The lowest BCUT2D eigenvalue weighted by molar-refractivity contribution is -0.324. The molecule has 10 heteroatoms.